The van der Waals surface area contributed by atoms with Crippen molar-refractivity contribution in [3.05, 3.63) is 93.8 Å². The summed E-state index contributed by atoms with van der Waals surface area (Å²) in [6.07, 6.45) is 1.54. The fourth-order valence-corrected chi connectivity index (χ4v) is 6.63. The molecule has 232 valence electrons. The lowest BCUT2D eigenvalue weighted by Crippen LogP contribution is -2.39. The molecule has 4 rings (SSSR count). The van der Waals surface area contributed by atoms with E-state index in [0.717, 1.165) is 38.1 Å². The fraction of sp³-hybridized carbons (Fsp3) is 0.250. The Balaban J connectivity index is 1.66. The number of aryl methyl sites for hydroxylation is 3. The number of ether oxygens (including phenoxy) is 3. The highest BCUT2D eigenvalue weighted by Gasteiger charge is 2.31. The molecule has 10 nitrogen and oxygen atoms in total. The normalized spacial score (nSPS) is 11.5. The first-order valence-corrected chi connectivity index (χ1v) is 15.4. The van der Waals surface area contributed by atoms with Crippen LogP contribution >= 0.6 is 11.6 Å². The van der Waals surface area contributed by atoms with Gasteiger partial charge >= 0.3 is 0 Å². The fourth-order valence-electron chi connectivity index (χ4n) is 5.02. The van der Waals surface area contributed by atoms with E-state index < -0.39 is 22.5 Å². The van der Waals surface area contributed by atoms with Gasteiger partial charge in [0.05, 0.1) is 43.8 Å². The van der Waals surface area contributed by atoms with Gasteiger partial charge in [-0.1, -0.05) is 29.8 Å². The van der Waals surface area contributed by atoms with Crippen molar-refractivity contribution in [1.29, 1.82) is 0 Å². The Bertz CT molecular complexity index is 1810. The van der Waals surface area contributed by atoms with Crippen molar-refractivity contribution < 1.29 is 27.4 Å². The molecule has 4 aromatic rings. The van der Waals surface area contributed by atoms with Crippen molar-refractivity contribution in [3.63, 3.8) is 0 Å². The number of hydrogen-bond acceptors (Lipinski definition) is 7. The molecule has 0 aliphatic heterocycles. The molecular weight excluding hydrogens is 604 g/mol. The second-order valence-electron chi connectivity index (χ2n) is 10.0. The average molecular weight is 639 g/mol. The molecule has 0 unspecified atom stereocenters. The second kappa shape index (κ2) is 13.4. The van der Waals surface area contributed by atoms with E-state index in [1.54, 1.807) is 6.07 Å². The van der Waals surface area contributed by atoms with Crippen molar-refractivity contribution in [2.45, 2.75) is 32.6 Å². The first-order valence-electron chi connectivity index (χ1n) is 13.6. The average Bonchev–Trinajstić information content (AvgIpc) is 3.27. The number of sulfonamides is 1. The highest BCUT2D eigenvalue weighted by molar-refractivity contribution is 7.92. The van der Waals surface area contributed by atoms with Crippen LogP contribution in [0.15, 0.2) is 70.7 Å². The van der Waals surface area contributed by atoms with Gasteiger partial charge in [0.1, 0.15) is 12.3 Å². The van der Waals surface area contributed by atoms with E-state index in [1.165, 1.54) is 57.9 Å². The summed E-state index contributed by atoms with van der Waals surface area (Å²) in [4.78, 5) is 13.1. The van der Waals surface area contributed by atoms with Gasteiger partial charge in [-0.25, -0.2) is 13.8 Å². The van der Waals surface area contributed by atoms with Crippen molar-refractivity contribution in [3.8, 4) is 22.9 Å². The minimum atomic E-state index is -4.34. The third kappa shape index (κ3) is 6.53. The van der Waals surface area contributed by atoms with Gasteiger partial charge in [-0.3, -0.25) is 9.10 Å². The molecule has 0 bridgehead atoms. The number of hydrogen-bond donors (Lipinski definition) is 1. The van der Waals surface area contributed by atoms with Gasteiger partial charge < -0.3 is 18.8 Å². The number of nitrogens with one attached hydrogen (secondary N) is 1. The van der Waals surface area contributed by atoms with Crippen LogP contribution in [-0.2, 0) is 14.8 Å². The van der Waals surface area contributed by atoms with Crippen LogP contribution in [0.2, 0.25) is 5.02 Å². The molecule has 0 atom stereocenters. The molecule has 0 aliphatic carbocycles. The molecule has 3 aromatic carbocycles. The number of amides is 1. The predicted octanol–water partition coefficient (Wildman–Crippen LogP) is 5.74. The molecular formula is C32H35ClN4O6S. The summed E-state index contributed by atoms with van der Waals surface area (Å²) in [6.45, 7) is 7.49. The van der Waals surface area contributed by atoms with Crippen LogP contribution in [-0.4, -0.2) is 53.0 Å². The largest absolute Gasteiger partial charge is 0.495 e. The summed E-state index contributed by atoms with van der Waals surface area (Å²) >= 11 is 6.24. The van der Waals surface area contributed by atoms with E-state index >= 15 is 0 Å². The number of carbonyl (C=O) groups excluding carboxylic acids is 1. The minimum Gasteiger partial charge on any atom is -0.495 e. The van der Waals surface area contributed by atoms with E-state index in [2.05, 4.69) is 41.1 Å². The SMILES string of the molecule is COc1ccc(S(=O)(=O)N(CC(=O)N/N=C/c2cc(C)n(-c3c(C)cccc3C)c2C)c2cc(Cl)ccc2OC)cc1OC. The van der Waals surface area contributed by atoms with E-state index in [9.17, 15) is 13.2 Å². The smallest absolute Gasteiger partial charge is 0.265 e. The molecule has 0 spiro atoms. The number of rotatable bonds is 11. The number of anilines is 1. The maximum absolute atomic E-state index is 14.0. The molecule has 1 amide bonds. The Morgan fingerprint density at radius 2 is 1.55 bits per heavy atom. The Morgan fingerprint density at radius 1 is 0.909 bits per heavy atom. The Morgan fingerprint density at radius 3 is 2.18 bits per heavy atom. The zero-order valence-corrected chi connectivity index (χ0v) is 27.2. The quantitative estimate of drug-likeness (QED) is 0.166. The maximum atomic E-state index is 14.0. The van der Waals surface area contributed by atoms with Crippen molar-refractivity contribution in [1.82, 2.24) is 9.99 Å². The van der Waals surface area contributed by atoms with E-state index in [0.29, 0.717) is 5.75 Å². The number of benzene rings is 3. The standard InChI is InChI=1S/C32H35ClN4O6S/c1-20-9-8-10-21(2)32(20)37-22(3)15-24(23(37)4)18-34-35-31(38)19-36(27-16-25(33)11-13-28(27)41-5)44(39,40)26-12-14-29(42-6)30(17-26)43-7/h8-18H,19H2,1-7H3,(H,35,38)/b34-18+. The van der Waals surface area contributed by atoms with E-state index in [-0.39, 0.29) is 27.1 Å². The number of halogens is 1. The Hall–Kier alpha value is -4.48. The summed E-state index contributed by atoms with van der Waals surface area (Å²) in [7, 11) is -0.0962. The number of nitrogens with zero attached hydrogens (tertiary/aromatic N) is 3. The number of para-hydroxylation sites is 1. The third-order valence-corrected chi connectivity index (χ3v) is 9.16. The van der Waals surface area contributed by atoms with Gasteiger partial charge in [0.15, 0.2) is 11.5 Å². The van der Waals surface area contributed by atoms with E-state index in [1.807, 2.05) is 26.0 Å². The van der Waals surface area contributed by atoms with Crippen LogP contribution in [0.1, 0.15) is 28.1 Å². The highest BCUT2D eigenvalue weighted by atomic mass is 35.5. The zero-order chi connectivity index (χ0) is 32.2. The molecule has 1 heterocycles. The van der Waals surface area contributed by atoms with Crippen LogP contribution in [0.25, 0.3) is 5.69 Å². The first kappa shape index (κ1) is 32.4. The van der Waals surface area contributed by atoms with Crippen molar-refractivity contribution in [2.24, 2.45) is 5.10 Å². The van der Waals surface area contributed by atoms with E-state index in [4.69, 9.17) is 25.8 Å². The van der Waals surface area contributed by atoms with Crippen LogP contribution < -0.4 is 23.9 Å². The molecule has 44 heavy (non-hydrogen) atoms. The minimum absolute atomic E-state index is 0.0751. The monoisotopic (exact) mass is 638 g/mol. The Kier molecular flexibility index (Phi) is 9.91. The van der Waals surface area contributed by atoms with Gasteiger partial charge in [-0.05, 0) is 75.2 Å². The Labute approximate surface area is 262 Å². The summed E-state index contributed by atoms with van der Waals surface area (Å²) in [5.41, 5.74) is 8.66. The molecule has 1 aromatic heterocycles. The number of methoxy groups -OCH3 is 3. The zero-order valence-electron chi connectivity index (χ0n) is 25.6. The summed E-state index contributed by atoms with van der Waals surface area (Å²) in [5, 5.41) is 4.41. The van der Waals surface area contributed by atoms with Crippen LogP contribution in [0.3, 0.4) is 0 Å². The summed E-state index contributed by atoms with van der Waals surface area (Å²) in [5.74, 6) is 0.0751. The van der Waals surface area contributed by atoms with Crippen LogP contribution in [0.4, 0.5) is 5.69 Å². The van der Waals surface area contributed by atoms with Gasteiger partial charge in [-0.2, -0.15) is 5.10 Å². The number of aromatic nitrogens is 1. The molecule has 0 aliphatic rings. The molecule has 1 N–H and O–H groups in total. The molecule has 0 radical (unpaired) electrons. The van der Waals surface area contributed by atoms with Crippen molar-refractivity contribution >= 4 is 39.4 Å². The third-order valence-electron chi connectivity index (χ3n) is 7.17. The van der Waals surface area contributed by atoms with Crippen LogP contribution in [0.5, 0.6) is 17.2 Å². The van der Waals surface area contributed by atoms with Gasteiger partial charge in [-0.15, -0.1) is 0 Å². The lowest BCUT2D eigenvalue weighted by molar-refractivity contribution is -0.119. The van der Waals surface area contributed by atoms with Gasteiger partial charge in [0.25, 0.3) is 15.9 Å². The number of carbonyl (C=O) groups is 1. The summed E-state index contributed by atoms with van der Waals surface area (Å²) < 4.78 is 47.0. The molecule has 0 saturated heterocycles. The number of hydrazone groups is 1. The van der Waals surface area contributed by atoms with Gasteiger partial charge in [0, 0.05) is 28.0 Å². The lowest BCUT2D eigenvalue weighted by Gasteiger charge is -2.25. The predicted molar refractivity (Wildman–Crippen MR) is 173 cm³/mol. The topological polar surface area (TPSA) is 111 Å². The highest BCUT2D eigenvalue weighted by Crippen LogP contribution is 2.37. The molecule has 12 heteroatoms. The lowest BCUT2D eigenvalue weighted by atomic mass is 10.1. The summed E-state index contributed by atoms with van der Waals surface area (Å²) in [6, 6.07) is 16.8. The van der Waals surface area contributed by atoms with Crippen molar-refractivity contribution in [2.75, 3.05) is 32.2 Å². The van der Waals surface area contributed by atoms with Gasteiger partial charge in [0.2, 0.25) is 0 Å². The molecule has 0 fully saturated rings. The second-order valence-corrected chi connectivity index (χ2v) is 12.3. The maximum Gasteiger partial charge on any atom is 0.265 e. The van der Waals surface area contributed by atoms with Crippen LogP contribution in [0, 0.1) is 27.7 Å². The first-order chi connectivity index (χ1) is 20.9. The molecule has 0 saturated carbocycles.